The smallest absolute Gasteiger partial charge is 0.213 e. The van der Waals surface area contributed by atoms with E-state index in [9.17, 15) is 8.42 Å². The molecule has 0 saturated carbocycles. The molecular weight excluding hydrogens is 292 g/mol. The van der Waals surface area contributed by atoms with E-state index < -0.39 is 10.0 Å². The number of rotatable bonds is 8. The van der Waals surface area contributed by atoms with Gasteiger partial charge in [0.1, 0.15) is 0 Å². The van der Waals surface area contributed by atoms with Crippen molar-refractivity contribution in [2.45, 2.75) is 32.3 Å². The Labute approximate surface area is 127 Å². The molecule has 1 fully saturated rings. The Bertz CT molecular complexity index is 456. The minimum Gasteiger partial charge on any atom is -0.377 e. The summed E-state index contributed by atoms with van der Waals surface area (Å²) in [6.45, 7) is 7.25. The third-order valence-electron chi connectivity index (χ3n) is 3.00. The van der Waals surface area contributed by atoms with E-state index >= 15 is 0 Å². The first kappa shape index (κ1) is 17.9. The average molecular weight is 318 g/mol. The van der Waals surface area contributed by atoms with Gasteiger partial charge in [0.05, 0.1) is 18.4 Å². The summed E-state index contributed by atoms with van der Waals surface area (Å²) in [7, 11) is -3.33. The van der Waals surface area contributed by atoms with Crippen molar-refractivity contribution >= 4 is 16.0 Å². The molecule has 1 aliphatic rings. The van der Waals surface area contributed by atoms with E-state index in [1.54, 1.807) is 0 Å². The summed E-state index contributed by atoms with van der Waals surface area (Å²) in [5, 5.41) is 2.77. The Kier molecular flexibility index (Phi) is 7.69. The second-order valence-electron chi connectivity index (χ2n) is 5.24. The lowest BCUT2D eigenvalue weighted by atomic mass is 10.1. The van der Waals surface area contributed by atoms with Crippen molar-refractivity contribution in [3.8, 4) is 0 Å². The molecule has 1 aliphatic heterocycles. The minimum absolute atomic E-state index is 0.0105. The molecule has 0 aromatic heterocycles. The Balaban J connectivity index is 2.22. The highest BCUT2D eigenvalue weighted by molar-refractivity contribution is 7.89. The van der Waals surface area contributed by atoms with Gasteiger partial charge in [-0.05, 0) is 26.2 Å². The molecular formula is C13H26N4O3S. The van der Waals surface area contributed by atoms with Crippen molar-refractivity contribution in [1.82, 2.24) is 10.0 Å². The van der Waals surface area contributed by atoms with Gasteiger partial charge in [0.25, 0.3) is 0 Å². The topological polar surface area (TPSA) is 106 Å². The van der Waals surface area contributed by atoms with Crippen LogP contribution in [0.25, 0.3) is 0 Å². The summed E-state index contributed by atoms with van der Waals surface area (Å²) >= 11 is 0. The molecule has 1 saturated heterocycles. The predicted molar refractivity (Wildman–Crippen MR) is 84.7 cm³/mol. The highest BCUT2D eigenvalue weighted by atomic mass is 32.2. The van der Waals surface area contributed by atoms with E-state index in [2.05, 4.69) is 21.6 Å². The molecule has 0 spiro atoms. The van der Waals surface area contributed by atoms with Crippen molar-refractivity contribution in [2.24, 2.45) is 10.7 Å². The fourth-order valence-electron chi connectivity index (χ4n) is 1.85. The van der Waals surface area contributed by atoms with Gasteiger partial charge in [0.15, 0.2) is 5.96 Å². The van der Waals surface area contributed by atoms with Gasteiger partial charge in [-0.3, -0.25) is 0 Å². The van der Waals surface area contributed by atoms with Crippen LogP contribution in [0.5, 0.6) is 0 Å². The van der Waals surface area contributed by atoms with Gasteiger partial charge >= 0.3 is 0 Å². The van der Waals surface area contributed by atoms with Crippen LogP contribution in [0.15, 0.2) is 17.1 Å². The number of hydrogen-bond donors (Lipinski definition) is 3. The molecule has 0 aliphatic carbocycles. The summed E-state index contributed by atoms with van der Waals surface area (Å²) in [5.41, 5.74) is 6.50. The molecule has 0 aromatic carbocycles. The highest BCUT2D eigenvalue weighted by Gasteiger charge is 2.17. The lowest BCUT2D eigenvalue weighted by Gasteiger charge is -2.22. The van der Waals surface area contributed by atoms with Crippen LogP contribution in [0.1, 0.15) is 26.2 Å². The van der Waals surface area contributed by atoms with Crippen LogP contribution < -0.4 is 15.8 Å². The minimum atomic E-state index is -3.33. The van der Waals surface area contributed by atoms with Crippen LogP contribution in [0.3, 0.4) is 0 Å². The van der Waals surface area contributed by atoms with E-state index in [1.165, 1.54) is 0 Å². The van der Waals surface area contributed by atoms with Crippen LogP contribution in [0.4, 0.5) is 0 Å². The first-order valence-corrected chi connectivity index (χ1v) is 8.81. The van der Waals surface area contributed by atoms with Crippen LogP contribution in [0.2, 0.25) is 0 Å². The first-order chi connectivity index (χ1) is 9.89. The van der Waals surface area contributed by atoms with Gasteiger partial charge in [0.2, 0.25) is 10.0 Å². The molecule has 0 amide bonds. The molecule has 7 nitrogen and oxygen atoms in total. The Morgan fingerprint density at radius 1 is 1.48 bits per heavy atom. The summed E-state index contributed by atoms with van der Waals surface area (Å²) < 4.78 is 31.7. The van der Waals surface area contributed by atoms with E-state index in [-0.39, 0.29) is 24.4 Å². The number of sulfonamides is 1. The van der Waals surface area contributed by atoms with E-state index in [1.807, 2.05) is 6.92 Å². The van der Waals surface area contributed by atoms with E-state index in [0.29, 0.717) is 19.7 Å². The normalized spacial score (nSPS) is 20.2. The van der Waals surface area contributed by atoms with Gasteiger partial charge in [-0.25, -0.2) is 18.1 Å². The van der Waals surface area contributed by atoms with Crippen molar-refractivity contribution < 1.29 is 13.2 Å². The average Bonchev–Trinajstić information content (AvgIpc) is 2.44. The largest absolute Gasteiger partial charge is 0.377 e. The third-order valence-corrected chi connectivity index (χ3v) is 4.35. The predicted octanol–water partition coefficient (Wildman–Crippen LogP) is -0.0447. The van der Waals surface area contributed by atoms with Crippen LogP contribution >= 0.6 is 0 Å². The Morgan fingerprint density at radius 2 is 2.24 bits per heavy atom. The fraction of sp³-hybridized carbons (Fsp3) is 0.769. The van der Waals surface area contributed by atoms with Crippen LogP contribution in [0, 0.1) is 0 Å². The maximum Gasteiger partial charge on any atom is 0.213 e. The molecule has 1 atom stereocenters. The first-order valence-electron chi connectivity index (χ1n) is 7.16. The van der Waals surface area contributed by atoms with Crippen molar-refractivity contribution in [2.75, 3.05) is 32.0 Å². The molecule has 4 N–H and O–H groups in total. The van der Waals surface area contributed by atoms with Gasteiger partial charge in [-0.1, -0.05) is 12.2 Å². The SMILES string of the molecule is C=C(C)CN=C(N)NCCS(=O)(=O)NCC1CCCCO1. The van der Waals surface area contributed by atoms with Gasteiger partial charge < -0.3 is 15.8 Å². The van der Waals surface area contributed by atoms with Crippen LogP contribution in [-0.2, 0) is 14.8 Å². The lowest BCUT2D eigenvalue weighted by molar-refractivity contribution is 0.0200. The molecule has 8 heteroatoms. The summed E-state index contributed by atoms with van der Waals surface area (Å²) in [6, 6.07) is 0. The van der Waals surface area contributed by atoms with E-state index in [4.69, 9.17) is 10.5 Å². The Morgan fingerprint density at radius 3 is 2.86 bits per heavy atom. The molecule has 1 unspecified atom stereocenters. The Hall–Kier alpha value is -1.12. The number of nitrogens with two attached hydrogens (primary N) is 1. The number of aliphatic imine (C=N–C) groups is 1. The highest BCUT2D eigenvalue weighted by Crippen LogP contribution is 2.11. The molecule has 1 heterocycles. The summed E-state index contributed by atoms with van der Waals surface area (Å²) in [6.07, 6.45) is 3.03. The zero-order valence-corrected chi connectivity index (χ0v) is 13.4. The monoisotopic (exact) mass is 318 g/mol. The van der Waals surface area contributed by atoms with Gasteiger partial charge in [-0.15, -0.1) is 0 Å². The number of nitrogens with zero attached hydrogens (tertiary/aromatic N) is 1. The van der Waals surface area contributed by atoms with E-state index in [0.717, 1.165) is 24.8 Å². The fourth-order valence-corrected chi connectivity index (χ4v) is 2.80. The standard InChI is InChI=1S/C13H26N4O3S/c1-11(2)9-16-13(14)15-6-8-21(18,19)17-10-12-5-3-4-7-20-12/h12,17H,1,3-10H2,2H3,(H3,14,15,16). The maximum absolute atomic E-state index is 11.8. The quantitative estimate of drug-likeness (QED) is 0.331. The van der Waals surface area contributed by atoms with Gasteiger partial charge in [-0.2, -0.15) is 0 Å². The van der Waals surface area contributed by atoms with Crippen molar-refractivity contribution in [3.63, 3.8) is 0 Å². The summed E-state index contributed by atoms with van der Waals surface area (Å²) in [4.78, 5) is 4.01. The van der Waals surface area contributed by atoms with Gasteiger partial charge in [0, 0.05) is 19.7 Å². The molecule has 122 valence electrons. The number of hydrogen-bond acceptors (Lipinski definition) is 4. The van der Waals surface area contributed by atoms with Crippen LogP contribution in [-0.4, -0.2) is 52.5 Å². The molecule has 0 radical (unpaired) electrons. The van der Waals surface area contributed by atoms with Crippen molar-refractivity contribution in [3.05, 3.63) is 12.2 Å². The molecule has 1 rings (SSSR count). The zero-order valence-electron chi connectivity index (χ0n) is 12.6. The zero-order chi connectivity index (χ0) is 15.7. The number of guanidine groups is 1. The second-order valence-corrected chi connectivity index (χ2v) is 7.17. The number of ether oxygens (including phenoxy) is 1. The van der Waals surface area contributed by atoms with Crippen molar-refractivity contribution in [1.29, 1.82) is 0 Å². The lowest BCUT2D eigenvalue weighted by Crippen LogP contribution is -2.40. The maximum atomic E-state index is 11.8. The molecule has 21 heavy (non-hydrogen) atoms. The molecule has 0 bridgehead atoms. The summed E-state index contributed by atoms with van der Waals surface area (Å²) in [5.74, 6) is 0.173. The molecule has 0 aromatic rings. The number of nitrogens with one attached hydrogen (secondary N) is 2. The second kappa shape index (κ2) is 9.01. The third kappa shape index (κ3) is 8.69.